The molecule has 3 rings (SSSR count). The third-order valence-corrected chi connectivity index (χ3v) is 3.85. The smallest absolute Gasteiger partial charge is 0.231 e. The summed E-state index contributed by atoms with van der Waals surface area (Å²) in [5, 5.41) is 0.841. The van der Waals surface area contributed by atoms with E-state index in [4.69, 9.17) is 26.8 Å². The van der Waals surface area contributed by atoms with Crippen molar-refractivity contribution >= 4 is 22.9 Å². The molecule has 88 valence electrons. The molecule has 4 nitrogen and oxygen atoms in total. The van der Waals surface area contributed by atoms with Crippen LogP contribution >= 0.6 is 22.9 Å². The Morgan fingerprint density at radius 1 is 1.35 bits per heavy atom. The fourth-order valence-corrected chi connectivity index (χ4v) is 2.77. The van der Waals surface area contributed by atoms with Crippen molar-refractivity contribution in [2.24, 2.45) is 5.73 Å². The molecule has 0 bridgehead atoms. The fraction of sp³-hybridized carbons (Fsp3) is 0.182. The molecule has 6 heteroatoms. The lowest BCUT2D eigenvalue weighted by atomic mass is 10.2. The molecule has 1 aromatic carbocycles. The molecule has 0 fully saturated rings. The van der Waals surface area contributed by atoms with Gasteiger partial charge in [-0.15, -0.1) is 11.3 Å². The molecular formula is C11H9ClN2O2S. The molecule has 0 saturated carbocycles. The van der Waals surface area contributed by atoms with Crippen LogP contribution in [0.3, 0.4) is 0 Å². The van der Waals surface area contributed by atoms with Crippen LogP contribution in [-0.2, 0) is 6.54 Å². The minimum absolute atomic E-state index is 0.269. The molecule has 2 heterocycles. The number of nitrogens with zero attached hydrogens (tertiary/aromatic N) is 1. The second-order valence-electron chi connectivity index (χ2n) is 3.51. The summed E-state index contributed by atoms with van der Waals surface area (Å²) in [5.41, 5.74) is 7.23. The Labute approximate surface area is 107 Å². The number of thiazole rings is 1. The lowest BCUT2D eigenvalue weighted by Gasteiger charge is -1.98. The first-order chi connectivity index (χ1) is 8.28. The molecule has 1 aromatic heterocycles. The second-order valence-corrected chi connectivity index (χ2v) is 5.11. The highest BCUT2D eigenvalue weighted by molar-refractivity contribution is 7.19. The van der Waals surface area contributed by atoms with Gasteiger partial charge in [-0.2, -0.15) is 0 Å². The van der Waals surface area contributed by atoms with Crippen LogP contribution in [0, 0.1) is 0 Å². The number of ether oxygens (including phenoxy) is 2. The quantitative estimate of drug-likeness (QED) is 0.910. The van der Waals surface area contributed by atoms with Crippen LogP contribution in [0.15, 0.2) is 18.2 Å². The van der Waals surface area contributed by atoms with Gasteiger partial charge in [0.2, 0.25) is 6.79 Å². The van der Waals surface area contributed by atoms with Crippen LogP contribution < -0.4 is 15.2 Å². The minimum Gasteiger partial charge on any atom is -0.454 e. The predicted octanol–water partition coefficient (Wildman–Crippen LogP) is 2.65. The number of aromatic nitrogens is 1. The van der Waals surface area contributed by atoms with E-state index in [9.17, 15) is 0 Å². The molecule has 0 unspecified atom stereocenters. The average Bonchev–Trinajstić information content (AvgIpc) is 2.93. The molecule has 2 N–H and O–H groups in total. The van der Waals surface area contributed by atoms with E-state index in [1.165, 1.54) is 11.3 Å². The predicted molar refractivity (Wildman–Crippen MR) is 66.6 cm³/mol. The van der Waals surface area contributed by atoms with Gasteiger partial charge in [0.15, 0.2) is 11.5 Å². The highest BCUT2D eigenvalue weighted by Gasteiger charge is 2.16. The SMILES string of the molecule is NCc1nc(-c2ccc3c(c2)OCO3)sc1Cl. The van der Waals surface area contributed by atoms with Crippen molar-refractivity contribution in [2.75, 3.05) is 6.79 Å². The molecule has 0 amide bonds. The number of fused-ring (bicyclic) bond motifs is 1. The maximum atomic E-state index is 6.03. The Kier molecular flexibility index (Phi) is 2.66. The van der Waals surface area contributed by atoms with Gasteiger partial charge in [-0.25, -0.2) is 4.98 Å². The van der Waals surface area contributed by atoms with E-state index in [1.807, 2.05) is 18.2 Å². The van der Waals surface area contributed by atoms with E-state index in [1.54, 1.807) is 0 Å². The molecule has 0 radical (unpaired) electrons. The van der Waals surface area contributed by atoms with E-state index >= 15 is 0 Å². The second kappa shape index (κ2) is 4.18. The molecule has 17 heavy (non-hydrogen) atoms. The summed E-state index contributed by atoms with van der Waals surface area (Å²) in [5.74, 6) is 1.50. The third-order valence-electron chi connectivity index (χ3n) is 2.46. The number of rotatable bonds is 2. The van der Waals surface area contributed by atoms with Gasteiger partial charge < -0.3 is 15.2 Å². The minimum atomic E-state index is 0.269. The number of benzene rings is 1. The largest absolute Gasteiger partial charge is 0.454 e. The highest BCUT2D eigenvalue weighted by Crippen LogP contribution is 2.38. The average molecular weight is 269 g/mol. The van der Waals surface area contributed by atoms with Gasteiger partial charge in [0.05, 0.1) is 5.69 Å². The zero-order valence-corrected chi connectivity index (χ0v) is 10.3. The summed E-state index contributed by atoms with van der Waals surface area (Å²) in [6, 6.07) is 5.70. The summed E-state index contributed by atoms with van der Waals surface area (Å²) in [6.45, 7) is 0.616. The van der Waals surface area contributed by atoms with Crippen LogP contribution in [0.4, 0.5) is 0 Å². The van der Waals surface area contributed by atoms with Crippen molar-refractivity contribution in [1.82, 2.24) is 4.98 Å². The lowest BCUT2D eigenvalue weighted by Crippen LogP contribution is -1.96. The van der Waals surface area contributed by atoms with Crippen LogP contribution in [-0.4, -0.2) is 11.8 Å². The zero-order valence-electron chi connectivity index (χ0n) is 8.77. The number of hydrogen-bond donors (Lipinski definition) is 1. The molecule has 0 spiro atoms. The Hall–Kier alpha value is -1.30. The first-order valence-electron chi connectivity index (χ1n) is 5.03. The van der Waals surface area contributed by atoms with Crippen molar-refractivity contribution in [3.63, 3.8) is 0 Å². The monoisotopic (exact) mass is 268 g/mol. The summed E-state index contributed by atoms with van der Waals surface area (Å²) in [6.07, 6.45) is 0. The summed E-state index contributed by atoms with van der Waals surface area (Å²) < 4.78 is 11.2. The summed E-state index contributed by atoms with van der Waals surface area (Å²) >= 11 is 7.45. The first kappa shape index (κ1) is 10.8. The van der Waals surface area contributed by atoms with E-state index in [0.29, 0.717) is 10.9 Å². The molecule has 1 aliphatic heterocycles. The van der Waals surface area contributed by atoms with Crippen molar-refractivity contribution in [1.29, 1.82) is 0 Å². The Balaban J connectivity index is 2.03. The Morgan fingerprint density at radius 3 is 2.94 bits per heavy atom. The van der Waals surface area contributed by atoms with Crippen LogP contribution in [0.5, 0.6) is 11.5 Å². The summed E-state index contributed by atoms with van der Waals surface area (Å²) in [7, 11) is 0. The van der Waals surface area contributed by atoms with Gasteiger partial charge >= 0.3 is 0 Å². The third kappa shape index (κ3) is 1.86. The first-order valence-corrected chi connectivity index (χ1v) is 6.22. The molecule has 2 aromatic rings. The van der Waals surface area contributed by atoms with E-state index in [2.05, 4.69) is 4.98 Å². The van der Waals surface area contributed by atoms with Crippen molar-refractivity contribution in [2.45, 2.75) is 6.54 Å². The maximum absolute atomic E-state index is 6.03. The van der Waals surface area contributed by atoms with Gasteiger partial charge in [-0.3, -0.25) is 0 Å². The fourth-order valence-electron chi connectivity index (χ4n) is 1.61. The van der Waals surface area contributed by atoms with Crippen molar-refractivity contribution < 1.29 is 9.47 Å². The van der Waals surface area contributed by atoms with Gasteiger partial charge in [0.25, 0.3) is 0 Å². The molecule has 0 saturated heterocycles. The van der Waals surface area contributed by atoms with Gasteiger partial charge in [0.1, 0.15) is 9.34 Å². The van der Waals surface area contributed by atoms with Crippen molar-refractivity contribution in [3.8, 4) is 22.1 Å². The highest BCUT2D eigenvalue weighted by atomic mass is 35.5. The normalized spacial score (nSPS) is 13.1. The number of nitrogens with two attached hydrogens (primary N) is 1. The van der Waals surface area contributed by atoms with E-state index in [-0.39, 0.29) is 6.79 Å². The van der Waals surface area contributed by atoms with E-state index < -0.39 is 0 Å². The molecule has 0 atom stereocenters. The lowest BCUT2D eigenvalue weighted by molar-refractivity contribution is 0.174. The zero-order chi connectivity index (χ0) is 11.8. The van der Waals surface area contributed by atoms with Crippen LogP contribution in [0.25, 0.3) is 10.6 Å². The van der Waals surface area contributed by atoms with Gasteiger partial charge in [-0.05, 0) is 18.2 Å². The van der Waals surface area contributed by atoms with Gasteiger partial charge in [0, 0.05) is 12.1 Å². The molecular weight excluding hydrogens is 260 g/mol. The summed E-state index contributed by atoms with van der Waals surface area (Å²) in [4.78, 5) is 4.39. The Morgan fingerprint density at radius 2 is 2.18 bits per heavy atom. The van der Waals surface area contributed by atoms with Crippen LogP contribution in [0.2, 0.25) is 4.34 Å². The Bertz CT molecular complexity index is 571. The number of hydrogen-bond acceptors (Lipinski definition) is 5. The molecule has 0 aliphatic carbocycles. The standard InChI is InChI=1S/C11H9ClN2O2S/c12-10-7(4-13)14-11(17-10)6-1-2-8-9(3-6)16-5-15-8/h1-3H,4-5,13H2. The number of halogens is 1. The molecule has 1 aliphatic rings. The maximum Gasteiger partial charge on any atom is 0.231 e. The van der Waals surface area contributed by atoms with E-state index in [0.717, 1.165) is 27.8 Å². The topological polar surface area (TPSA) is 57.4 Å². The van der Waals surface area contributed by atoms with Crippen molar-refractivity contribution in [3.05, 3.63) is 28.2 Å². The van der Waals surface area contributed by atoms with Gasteiger partial charge in [-0.1, -0.05) is 11.6 Å². The van der Waals surface area contributed by atoms with Crippen LogP contribution in [0.1, 0.15) is 5.69 Å².